The maximum absolute atomic E-state index is 13.1. The van der Waals surface area contributed by atoms with Crippen molar-refractivity contribution >= 4 is 5.91 Å². The Morgan fingerprint density at radius 3 is 1.80 bits per heavy atom. The molecule has 6 rings (SSSR count). The molecule has 1 amide bonds. The van der Waals surface area contributed by atoms with Crippen LogP contribution in [0.4, 0.5) is 0 Å². The fourth-order valence-electron chi connectivity index (χ4n) is 5.44. The van der Waals surface area contributed by atoms with Crippen LogP contribution in [0.2, 0.25) is 0 Å². The molecule has 3 heterocycles. The lowest BCUT2D eigenvalue weighted by atomic mass is 9.70. The molecule has 3 aromatic rings. The van der Waals surface area contributed by atoms with Gasteiger partial charge >= 0.3 is 0 Å². The van der Waals surface area contributed by atoms with Crippen molar-refractivity contribution in [2.75, 3.05) is 13.1 Å². The molecular formula is C27H28N2O. The quantitative estimate of drug-likeness (QED) is 0.677. The summed E-state index contributed by atoms with van der Waals surface area (Å²) in [5, 5.41) is 3.46. The lowest BCUT2D eigenvalue weighted by Crippen LogP contribution is -2.65. The van der Waals surface area contributed by atoms with Gasteiger partial charge in [0.15, 0.2) is 0 Å². The Morgan fingerprint density at radius 1 is 0.767 bits per heavy atom. The summed E-state index contributed by atoms with van der Waals surface area (Å²) in [6.07, 6.45) is 2.32. The molecule has 3 aliphatic rings. The van der Waals surface area contributed by atoms with Gasteiger partial charge in [0, 0.05) is 23.6 Å². The number of rotatable bonds is 5. The van der Waals surface area contributed by atoms with Crippen molar-refractivity contribution in [2.45, 2.75) is 30.8 Å². The topological polar surface area (TPSA) is 32.3 Å². The van der Waals surface area contributed by atoms with E-state index in [1.54, 1.807) is 0 Å². The summed E-state index contributed by atoms with van der Waals surface area (Å²) in [5.41, 5.74) is 3.38. The van der Waals surface area contributed by atoms with E-state index in [1.165, 1.54) is 11.1 Å². The predicted octanol–water partition coefficient (Wildman–Crippen LogP) is 4.71. The molecule has 3 heteroatoms. The highest BCUT2D eigenvalue weighted by molar-refractivity contribution is 5.94. The molecular weight excluding hydrogens is 368 g/mol. The number of nitrogens with one attached hydrogen (secondary N) is 1. The van der Waals surface area contributed by atoms with Crippen molar-refractivity contribution < 1.29 is 4.79 Å². The van der Waals surface area contributed by atoms with Crippen molar-refractivity contribution in [3.8, 4) is 0 Å². The first-order chi connectivity index (χ1) is 14.8. The van der Waals surface area contributed by atoms with Crippen LogP contribution in [0, 0.1) is 5.92 Å². The summed E-state index contributed by atoms with van der Waals surface area (Å²) in [4.78, 5) is 15.7. The Labute approximate surface area is 178 Å². The average Bonchev–Trinajstić information content (AvgIpc) is 2.83. The van der Waals surface area contributed by atoms with Crippen LogP contribution in [-0.4, -0.2) is 36.0 Å². The largest absolute Gasteiger partial charge is 0.347 e. The van der Waals surface area contributed by atoms with Crippen LogP contribution in [0.1, 0.15) is 40.2 Å². The summed E-state index contributed by atoms with van der Waals surface area (Å²) in [7, 11) is 0. The number of hydrogen-bond donors (Lipinski definition) is 1. The van der Waals surface area contributed by atoms with E-state index in [4.69, 9.17) is 0 Å². The van der Waals surface area contributed by atoms with Crippen molar-refractivity contribution in [2.24, 2.45) is 5.92 Å². The zero-order valence-corrected chi connectivity index (χ0v) is 17.2. The van der Waals surface area contributed by atoms with E-state index in [0.29, 0.717) is 5.92 Å². The molecule has 0 aromatic heterocycles. The second-order valence-corrected chi connectivity index (χ2v) is 8.53. The molecule has 152 valence electrons. The van der Waals surface area contributed by atoms with E-state index >= 15 is 0 Å². The SMILES string of the molecule is O=C(NC1C2CCN(CC2)C1C(c1ccccc1)c1ccccc1)c1ccccc1. The molecule has 1 N–H and O–H groups in total. The van der Waals surface area contributed by atoms with Gasteiger partial charge in [0.1, 0.15) is 0 Å². The zero-order valence-electron chi connectivity index (χ0n) is 17.2. The molecule has 2 unspecified atom stereocenters. The molecule has 3 aromatic carbocycles. The number of nitrogens with zero attached hydrogens (tertiary/aromatic N) is 1. The van der Waals surface area contributed by atoms with Gasteiger partial charge in [-0.3, -0.25) is 9.69 Å². The second kappa shape index (κ2) is 8.45. The summed E-state index contributed by atoms with van der Waals surface area (Å²) < 4.78 is 0. The highest BCUT2D eigenvalue weighted by Gasteiger charge is 2.47. The van der Waals surface area contributed by atoms with E-state index in [2.05, 4.69) is 70.9 Å². The van der Waals surface area contributed by atoms with Gasteiger partial charge in [-0.05, 0) is 55.1 Å². The molecule has 0 radical (unpaired) electrons. The monoisotopic (exact) mass is 396 g/mol. The Bertz CT molecular complexity index is 926. The molecule has 3 saturated heterocycles. The number of carbonyl (C=O) groups excluding carboxylic acids is 1. The van der Waals surface area contributed by atoms with Crippen molar-refractivity contribution in [1.29, 1.82) is 0 Å². The molecule has 30 heavy (non-hydrogen) atoms. The van der Waals surface area contributed by atoms with Crippen LogP contribution in [-0.2, 0) is 0 Å². The van der Waals surface area contributed by atoms with E-state index in [1.807, 2.05) is 30.3 Å². The summed E-state index contributed by atoms with van der Waals surface area (Å²) in [6, 6.07) is 31.6. The van der Waals surface area contributed by atoms with Gasteiger partial charge in [-0.1, -0.05) is 78.9 Å². The highest BCUT2D eigenvalue weighted by Crippen LogP contribution is 2.42. The molecule has 3 nitrogen and oxygen atoms in total. The minimum Gasteiger partial charge on any atom is -0.347 e. The van der Waals surface area contributed by atoms with E-state index in [9.17, 15) is 4.79 Å². The second-order valence-electron chi connectivity index (χ2n) is 8.53. The average molecular weight is 397 g/mol. The van der Waals surface area contributed by atoms with Gasteiger partial charge in [-0.15, -0.1) is 0 Å². The minimum absolute atomic E-state index is 0.0409. The molecule has 3 fully saturated rings. The Balaban J connectivity index is 1.53. The number of carbonyl (C=O) groups is 1. The number of fused-ring (bicyclic) bond motifs is 3. The summed E-state index contributed by atoms with van der Waals surface area (Å²) in [6.45, 7) is 2.23. The first-order valence-corrected chi connectivity index (χ1v) is 11.0. The van der Waals surface area contributed by atoms with Gasteiger partial charge in [0.05, 0.1) is 0 Å². The standard InChI is InChI=1S/C27H28N2O/c30-27(23-14-8-3-9-15-23)28-25-22-16-18-29(19-17-22)26(25)24(20-10-4-1-5-11-20)21-12-6-2-7-13-21/h1-15,22,24-26H,16-19H2,(H,28,30). The summed E-state index contributed by atoms with van der Waals surface area (Å²) >= 11 is 0. The normalized spacial score (nSPS) is 25.2. The van der Waals surface area contributed by atoms with Crippen LogP contribution in [0.3, 0.4) is 0 Å². The molecule has 0 aliphatic carbocycles. The van der Waals surface area contributed by atoms with E-state index < -0.39 is 0 Å². The van der Waals surface area contributed by atoms with Crippen LogP contribution in [0.15, 0.2) is 91.0 Å². The fraction of sp³-hybridized carbons (Fsp3) is 0.296. The number of hydrogen-bond acceptors (Lipinski definition) is 2. The number of amides is 1. The minimum atomic E-state index is 0.0409. The Hall–Kier alpha value is -2.91. The molecule has 2 atom stereocenters. The maximum atomic E-state index is 13.1. The third kappa shape index (κ3) is 3.66. The maximum Gasteiger partial charge on any atom is 0.251 e. The lowest BCUT2D eigenvalue weighted by molar-refractivity contribution is 0.00617. The lowest BCUT2D eigenvalue weighted by Gasteiger charge is -2.54. The first-order valence-electron chi connectivity index (χ1n) is 11.0. The van der Waals surface area contributed by atoms with Gasteiger partial charge in [0.25, 0.3) is 5.91 Å². The first kappa shape index (κ1) is 19.1. The number of benzene rings is 3. The van der Waals surface area contributed by atoms with Gasteiger partial charge in [-0.25, -0.2) is 0 Å². The van der Waals surface area contributed by atoms with Crippen LogP contribution in [0.5, 0.6) is 0 Å². The third-order valence-electron chi connectivity index (χ3n) is 6.86. The number of piperidine rings is 3. The van der Waals surface area contributed by atoms with Crippen molar-refractivity contribution in [1.82, 2.24) is 10.2 Å². The predicted molar refractivity (Wildman–Crippen MR) is 121 cm³/mol. The molecule has 0 saturated carbocycles. The van der Waals surface area contributed by atoms with Gasteiger partial charge in [0.2, 0.25) is 0 Å². The zero-order chi connectivity index (χ0) is 20.3. The smallest absolute Gasteiger partial charge is 0.251 e. The molecule has 2 bridgehead atoms. The van der Waals surface area contributed by atoms with E-state index in [0.717, 1.165) is 31.5 Å². The Kier molecular flexibility index (Phi) is 5.37. The fourth-order valence-corrected chi connectivity index (χ4v) is 5.44. The molecule has 3 aliphatic heterocycles. The van der Waals surface area contributed by atoms with Crippen molar-refractivity contribution in [3.63, 3.8) is 0 Å². The molecule has 0 spiro atoms. The van der Waals surface area contributed by atoms with Crippen LogP contribution in [0.25, 0.3) is 0 Å². The third-order valence-corrected chi connectivity index (χ3v) is 6.86. The van der Waals surface area contributed by atoms with Gasteiger partial charge in [-0.2, -0.15) is 0 Å². The van der Waals surface area contributed by atoms with Crippen LogP contribution >= 0.6 is 0 Å². The van der Waals surface area contributed by atoms with Crippen LogP contribution < -0.4 is 5.32 Å². The van der Waals surface area contributed by atoms with Gasteiger partial charge < -0.3 is 5.32 Å². The van der Waals surface area contributed by atoms with E-state index in [-0.39, 0.29) is 23.9 Å². The summed E-state index contributed by atoms with van der Waals surface area (Å²) in [5.74, 6) is 0.804. The van der Waals surface area contributed by atoms with Crippen molar-refractivity contribution in [3.05, 3.63) is 108 Å². The highest BCUT2D eigenvalue weighted by atomic mass is 16.1. The Morgan fingerprint density at radius 2 is 1.27 bits per heavy atom.